The van der Waals surface area contributed by atoms with E-state index in [1.54, 1.807) is 29.2 Å². The molecule has 0 bridgehead atoms. The molecule has 0 amide bonds. The number of aromatic nitrogens is 5. The molecule has 3 heterocycles. The lowest BCUT2D eigenvalue weighted by Gasteiger charge is -2.03. The van der Waals surface area contributed by atoms with Gasteiger partial charge in [-0.2, -0.15) is 5.10 Å². The first-order valence-electron chi connectivity index (χ1n) is 7.08. The molecule has 0 radical (unpaired) electrons. The molecule has 4 aromatic rings. The summed E-state index contributed by atoms with van der Waals surface area (Å²) >= 11 is 0. The van der Waals surface area contributed by atoms with Gasteiger partial charge in [0.05, 0.1) is 18.1 Å². The Hall–Kier alpha value is -3.35. The topological polar surface area (TPSA) is 91.7 Å². The molecule has 7 heteroatoms. The molecular formula is C16H14N6O. The van der Waals surface area contributed by atoms with Gasteiger partial charge in [-0.05, 0) is 17.7 Å². The fourth-order valence-electron chi connectivity index (χ4n) is 2.45. The molecule has 23 heavy (non-hydrogen) atoms. The van der Waals surface area contributed by atoms with Crippen molar-refractivity contribution in [1.29, 1.82) is 0 Å². The molecule has 0 unspecified atom stereocenters. The van der Waals surface area contributed by atoms with Crippen molar-refractivity contribution in [1.82, 2.24) is 24.7 Å². The van der Waals surface area contributed by atoms with Crippen LogP contribution in [0.3, 0.4) is 0 Å². The Kier molecular flexibility index (Phi) is 2.97. The SMILES string of the molecule is Cn1cc(Nc2cnc3[nH]cc(-c4ccc(O)cc4)c3n2)cn1. The van der Waals surface area contributed by atoms with E-state index in [0.717, 1.165) is 22.3 Å². The van der Waals surface area contributed by atoms with Crippen molar-refractivity contribution in [3.05, 3.63) is 49.1 Å². The number of hydrogen-bond acceptors (Lipinski definition) is 5. The molecule has 7 nitrogen and oxygen atoms in total. The van der Waals surface area contributed by atoms with Crippen LogP contribution >= 0.6 is 0 Å². The van der Waals surface area contributed by atoms with Crippen molar-refractivity contribution < 1.29 is 5.11 Å². The third kappa shape index (κ3) is 2.48. The third-order valence-corrected chi connectivity index (χ3v) is 3.54. The number of phenolic OH excluding ortho intramolecular Hbond substituents is 1. The third-order valence-electron chi connectivity index (χ3n) is 3.54. The Morgan fingerprint density at radius 2 is 2.00 bits per heavy atom. The molecule has 3 N–H and O–H groups in total. The number of rotatable bonds is 3. The number of aromatic amines is 1. The van der Waals surface area contributed by atoms with Crippen LogP contribution in [-0.2, 0) is 7.05 Å². The predicted molar refractivity (Wildman–Crippen MR) is 87.5 cm³/mol. The minimum Gasteiger partial charge on any atom is -0.508 e. The fourth-order valence-corrected chi connectivity index (χ4v) is 2.45. The molecule has 0 aliphatic heterocycles. The summed E-state index contributed by atoms with van der Waals surface area (Å²) in [5, 5.41) is 16.7. The molecule has 1 aromatic carbocycles. The van der Waals surface area contributed by atoms with Crippen molar-refractivity contribution in [2.45, 2.75) is 0 Å². The quantitative estimate of drug-likeness (QED) is 0.541. The predicted octanol–water partition coefficient (Wildman–Crippen LogP) is 2.81. The molecule has 0 spiro atoms. The summed E-state index contributed by atoms with van der Waals surface area (Å²) in [6.07, 6.45) is 7.13. The van der Waals surface area contributed by atoms with E-state index in [2.05, 4.69) is 25.4 Å². The monoisotopic (exact) mass is 306 g/mol. The number of nitrogens with zero attached hydrogens (tertiary/aromatic N) is 4. The minimum absolute atomic E-state index is 0.235. The highest BCUT2D eigenvalue weighted by molar-refractivity contribution is 5.91. The number of H-pyrrole nitrogens is 1. The molecule has 0 atom stereocenters. The lowest BCUT2D eigenvalue weighted by molar-refractivity contribution is 0.475. The molecule has 0 saturated heterocycles. The largest absolute Gasteiger partial charge is 0.508 e. The maximum atomic E-state index is 9.42. The van der Waals surface area contributed by atoms with E-state index in [4.69, 9.17) is 0 Å². The van der Waals surface area contributed by atoms with Crippen molar-refractivity contribution >= 4 is 22.7 Å². The van der Waals surface area contributed by atoms with Crippen molar-refractivity contribution in [2.75, 3.05) is 5.32 Å². The van der Waals surface area contributed by atoms with Gasteiger partial charge in [0.25, 0.3) is 0 Å². The molecule has 0 aliphatic rings. The maximum absolute atomic E-state index is 9.42. The van der Waals surface area contributed by atoms with Crippen molar-refractivity contribution in [3.8, 4) is 16.9 Å². The summed E-state index contributed by atoms with van der Waals surface area (Å²) in [6.45, 7) is 0. The van der Waals surface area contributed by atoms with Gasteiger partial charge in [0.2, 0.25) is 0 Å². The number of hydrogen-bond donors (Lipinski definition) is 3. The number of anilines is 2. The van der Waals surface area contributed by atoms with Crippen LogP contribution in [0.5, 0.6) is 5.75 Å². The van der Waals surface area contributed by atoms with E-state index >= 15 is 0 Å². The standard InChI is InChI=1S/C16H14N6O/c1-22-9-11(6-19-22)20-14-8-18-16-15(21-14)13(7-17-16)10-2-4-12(23)5-3-10/h2-9,23H,1H3,(H,17,18)(H,20,21). The van der Waals surface area contributed by atoms with Crippen molar-refractivity contribution in [2.24, 2.45) is 7.05 Å². The van der Waals surface area contributed by atoms with E-state index < -0.39 is 0 Å². The number of fused-ring (bicyclic) bond motifs is 1. The molecule has 0 aliphatic carbocycles. The van der Waals surface area contributed by atoms with Gasteiger partial charge in [-0.3, -0.25) is 4.68 Å². The van der Waals surface area contributed by atoms with Gasteiger partial charge in [0.15, 0.2) is 5.65 Å². The number of aromatic hydroxyl groups is 1. The molecular weight excluding hydrogens is 292 g/mol. The molecule has 4 rings (SSSR count). The van der Waals surface area contributed by atoms with Crippen LogP contribution in [0.1, 0.15) is 0 Å². The fraction of sp³-hybridized carbons (Fsp3) is 0.0625. The first-order valence-corrected chi connectivity index (χ1v) is 7.08. The molecule has 114 valence electrons. The van der Waals surface area contributed by atoms with Crippen LogP contribution in [0.2, 0.25) is 0 Å². The van der Waals surface area contributed by atoms with Crippen LogP contribution in [-0.4, -0.2) is 29.8 Å². The first-order chi connectivity index (χ1) is 11.2. The maximum Gasteiger partial charge on any atom is 0.156 e. The molecule has 0 fully saturated rings. The zero-order valence-corrected chi connectivity index (χ0v) is 12.4. The van der Waals surface area contributed by atoms with Gasteiger partial charge in [0.1, 0.15) is 17.1 Å². The summed E-state index contributed by atoms with van der Waals surface area (Å²) in [7, 11) is 1.86. The van der Waals surface area contributed by atoms with Gasteiger partial charge in [-0.25, -0.2) is 9.97 Å². The molecule has 0 saturated carbocycles. The Bertz CT molecular complexity index is 970. The van der Waals surface area contributed by atoms with Gasteiger partial charge in [0, 0.05) is 25.0 Å². The van der Waals surface area contributed by atoms with Crippen LogP contribution in [0.15, 0.2) is 49.1 Å². The van der Waals surface area contributed by atoms with E-state index in [-0.39, 0.29) is 5.75 Å². The number of aryl methyl sites for hydroxylation is 1. The van der Waals surface area contributed by atoms with Crippen LogP contribution in [0, 0.1) is 0 Å². The van der Waals surface area contributed by atoms with E-state index in [1.807, 2.05) is 31.6 Å². The normalized spacial score (nSPS) is 11.0. The molecule has 3 aromatic heterocycles. The Labute approximate surface area is 131 Å². The van der Waals surface area contributed by atoms with E-state index in [9.17, 15) is 5.11 Å². The van der Waals surface area contributed by atoms with Crippen molar-refractivity contribution in [3.63, 3.8) is 0 Å². The van der Waals surface area contributed by atoms with Crippen LogP contribution in [0.25, 0.3) is 22.3 Å². The highest BCUT2D eigenvalue weighted by Gasteiger charge is 2.10. The first kappa shape index (κ1) is 13.3. The Balaban J connectivity index is 1.75. The van der Waals surface area contributed by atoms with E-state index in [1.165, 1.54) is 0 Å². The Morgan fingerprint density at radius 3 is 2.74 bits per heavy atom. The summed E-state index contributed by atoms with van der Waals surface area (Å²) < 4.78 is 1.71. The zero-order chi connectivity index (χ0) is 15.8. The van der Waals surface area contributed by atoms with E-state index in [0.29, 0.717) is 11.5 Å². The smallest absolute Gasteiger partial charge is 0.156 e. The number of phenols is 1. The average Bonchev–Trinajstić information content (AvgIpc) is 3.14. The average molecular weight is 306 g/mol. The summed E-state index contributed by atoms with van der Waals surface area (Å²) in [5.74, 6) is 0.878. The van der Waals surface area contributed by atoms with Crippen LogP contribution in [0.4, 0.5) is 11.5 Å². The summed E-state index contributed by atoms with van der Waals surface area (Å²) in [6, 6.07) is 7.00. The number of benzene rings is 1. The highest BCUT2D eigenvalue weighted by Crippen LogP contribution is 2.28. The van der Waals surface area contributed by atoms with Gasteiger partial charge < -0.3 is 15.4 Å². The highest BCUT2D eigenvalue weighted by atomic mass is 16.3. The number of nitrogens with one attached hydrogen (secondary N) is 2. The van der Waals surface area contributed by atoms with Crippen LogP contribution < -0.4 is 5.32 Å². The van der Waals surface area contributed by atoms with Gasteiger partial charge in [-0.15, -0.1) is 0 Å². The van der Waals surface area contributed by atoms with Gasteiger partial charge >= 0.3 is 0 Å². The zero-order valence-electron chi connectivity index (χ0n) is 12.4. The lowest BCUT2D eigenvalue weighted by atomic mass is 10.1. The lowest BCUT2D eigenvalue weighted by Crippen LogP contribution is -1.94. The summed E-state index contributed by atoms with van der Waals surface area (Å²) in [4.78, 5) is 12.1. The second kappa shape index (κ2) is 5.13. The minimum atomic E-state index is 0.235. The second-order valence-electron chi connectivity index (χ2n) is 5.23. The Morgan fingerprint density at radius 1 is 1.17 bits per heavy atom. The van der Waals surface area contributed by atoms with Gasteiger partial charge in [-0.1, -0.05) is 12.1 Å². The second-order valence-corrected chi connectivity index (χ2v) is 5.23. The summed E-state index contributed by atoms with van der Waals surface area (Å²) in [5.41, 5.74) is 4.22.